The third-order valence-electron chi connectivity index (χ3n) is 5.42. The van der Waals surface area contributed by atoms with Gasteiger partial charge in [-0.3, -0.25) is 19.3 Å². The van der Waals surface area contributed by atoms with Gasteiger partial charge in [0.15, 0.2) is 0 Å². The summed E-state index contributed by atoms with van der Waals surface area (Å²) in [5, 5.41) is 6.16. The Morgan fingerprint density at radius 1 is 1.27 bits per heavy atom. The largest absolute Gasteiger partial charge is 0.365 e. The highest BCUT2D eigenvalue weighted by Crippen LogP contribution is 2.39. The predicted molar refractivity (Wildman–Crippen MR) is 113 cm³/mol. The van der Waals surface area contributed by atoms with Crippen LogP contribution in [-0.2, 0) is 28.0 Å². The van der Waals surface area contributed by atoms with E-state index in [1.54, 1.807) is 31.2 Å². The van der Waals surface area contributed by atoms with Crippen molar-refractivity contribution in [1.29, 1.82) is 0 Å². The van der Waals surface area contributed by atoms with Crippen LogP contribution in [0.5, 0.6) is 0 Å². The molecule has 2 aliphatic rings. The quantitative estimate of drug-likeness (QED) is 0.610. The molecule has 4 rings (SSSR count). The van der Waals surface area contributed by atoms with Crippen molar-refractivity contribution in [1.82, 2.24) is 10.2 Å². The number of fused-ring (bicyclic) bond motifs is 1. The van der Waals surface area contributed by atoms with Crippen LogP contribution in [0, 0.1) is 0 Å². The maximum absolute atomic E-state index is 13.0. The molecule has 0 unspecified atom stereocenters. The molecule has 10 heteroatoms. The van der Waals surface area contributed by atoms with Crippen molar-refractivity contribution < 1.29 is 19.2 Å². The zero-order chi connectivity index (χ0) is 21.6. The molecule has 4 N–H and O–H groups in total. The molecule has 0 bridgehead atoms. The van der Waals surface area contributed by atoms with E-state index in [2.05, 4.69) is 10.6 Å². The number of aryl methyl sites for hydroxylation is 1. The van der Waals surface area contributed by atoms with Gasteiger partial charge < -0.3 is 16.4 Å². The van der Waals surface area contributed by atoms with Crippen molar-refractivity contribution in [2.24, 2.45) is 5.73 Å². The Hall–Kier alpha value is -2.91. The molecule has 1 saturated heterocycles. The number of rotatable bonds is 5. The number of halogens is 1. The number of imide groups is 1. The molecule has 0 radical (unpaired) electrons. The Bertz CT molecular complexity index is 1080. The molecule has 1 aromatic heterocycles. The minimum absolute atomic E-state index is 0.323. The average Bonchev–Trinajstić information content (AvgIpc) is 3.31. The molecular weight excluding hydrogens is 428 g/mol. The Morgan fingerprint density at radius 3 is 2.63 bits per heavy atom. The number of hydrogen-bond acceptors (Lipinski definition) is 5. The molecule has 0 spiro atoms. The number of thiophene rings is 1. The predicted octanol–water partition coefficient (Wildman–Crippen LogP) is 2.39. The smallest absolute Gasteiger partial charge is 0.325 e. The SMILES string of the molecule is C[C@@]1(c2ccc(Cl)cc2)NC(=O)N(CC(=O)Nc2sc3c(c2C(N)=O)CCC3)C1=O. The maximum Gasteiger partial charge on any atom is 0.325 e. The zero-order valence-electron chi connectivity index (χ0n) is 16.1. The van der Waals surface area contributed by atoms with Crippen LogP contribution < -0.4 is 16.4 Å². The number of benzene rings is 1. The first-order valence-corrected chi connectivity index (χ1v) is 10.5. The summed E-state index contributed by atoms with van der Waals surface area (Å²) in [6.45, 7) is 1.10. The molecule has 2 heterocycles. The molecule has 2 aromatic rings. The molecule has 1 aromatic carbocycles. The number of nitrogens with zero attached hydrogens (tertiary/aromatic N) is 1. The standard InChI is InChI=1S/C20H19ClN4O4S/c1-20(10-5-7-11(21)8-6-10)18(28)25(19(29)24-20)9-14(26)23-17-15(16(22)27)12-3-2-4-13(12)30-17/h5-8H,2-4,9H2,1H3,(H2,22,27)(H,23,26)(H,24,29)/t20-/m0/s1. The van der Waals surface area contributed by atoms with E-state index in [1.807, 2.05) is 0 Å². The van der Waals surface area contributed by atoms with Gasteiger partial charge in [-0.2, -0.15) is 0 Å². The van der Waals surface area contributed by atoms with Crippen molar-refractivity contribution in [2.45, 2.75) is 31.7 Å². The summed E-state index contributed by atoms with van der Waals surface area (Å²) in [5.74, 6) is -1.73. The van der Waals surface area contributed by atoms with E-state index in [4.69, 9.17) is 17.3 Å². The summed E-state index contributed by atoms with van der Waals surface area (Å²) >= 11 is 7.21. The fourth-order valence-electron chi connectivity index (χ4n) is 3.88. The van der Waals surface area contributed by atoms with Crippen LogP contribution in [0.4, 0.5) is 9.80 Å². The first-order chi connectivity index (χ1) is 14.2. The highest BCUT2D eigenvalue weighted by molar-refractivity contribution is 7.17. The molecule has 1 fully saturated rings. The van der Waals surface area contributed by atoms with Crippen LogP contribution >= 0.6 is 22.9 Å². The van der Waals surface area contributed by atoms with Crippen LogP contribution in [0.25, 0.3) is 0 Å². The number of nitrogens with one attached hydrogen (secondary N) is 2. The van der Waals surface area contributed by atoms with E-state index in [0.717, 1.165) is 34.6 Å². The lowest BCUT2D eigenvalue weighted by Crippen LogP contribution is -2.42. The van der Waals surface area contributed by atoms with Crippen LogP contribution in [0.3, 0.4) is 0 Å². The third-order valence-corrected chi connectivity index (χ3v) is 6.88. The Labute approximate surface area is 181 Å². The Kier molecular flexibility index (Phi) is 5.03. The topological polar surface area (TPSA) is 122 Å². The van der Waals surface area contributed by atoms with E-state index in [1.165, 1.54) is 11.3 Å². The third kappa shape index (κ3) is 3.33. The minimum Gasteiger partial charge on any atom is -0.365 e. The first kappa shape index (κ1) is 20.4. The number of nitrogens with two attached hydrogens (primary N) is 1. The van der Waals surface area contributed by atoms with Crippen LogP contribution in [-0.4, -0.2) is 35.2 Å². The number of hydrogen-bond donors (Lipinski definition) is 3. The zero-order valence-corrected chi connectivity index (χ0v) is 17.7. The first-order valence-electron chi connectivity index (χ1n) is 9.35. The average molecular weight is 447 g/mol. The van der Waals surface area contributed by atoms with Gasteiger partial charge in [0.1, 0.15) is 17.1 Å². The molecule has 1 aliphatic heterocycles. The van der Waals surface area contributed by atoms with Gasteiger partial charge >= 0.3 is 6.03 Å². The van der Waals surface area contributed by atoms with E-state index >= 15 is 0 Å². The van der Waals surface area contributed by atoms with E-state index < -0.39 is 35.8 Å². The normalized spacial score (nSPS) is 20.3. The summed E-state index contributed by atoms with van der Waals surface area (Å²) in [7, 11) is 0. The van der Waals surface area contributed by atoms with Crippen LogP contribution in [0.2, 0.25) is 5.02 Å². The maximum atomic E-state index is 13.0. The number of urea groups is 1. The van der Waals surface area contributed by atoms with E-state index in [0.29, 0.717) is 21.2 Å². The summed E-state index contributed by atoms with van der Waals surface area (Å²) in [4.78, 5) is 51.8. The number of amides is 5. The van der Waals surface area contributed by atoms with E-state index in [-0.39, 0.29) is 0 Å². The molecule has 0 saturated carbocycles. The fraction of sp³-hybridized carbons (Fsp3) is 0.300. The molecule has 30 heavy (non-hydrogen) atoms. The highest BCUT2D eigenvalue weighted by atomic mass is 35.5. The molecular formula is C20H19ClN4O4S. The van der Waals surface area contributed by atoms with Gasteiger partial charge in [0, 0.05) is 9.90 Å². The lowest BCUT2D eigenvalue weighted by Gasteiger charge is -2.22. The van der Waals surface area contributed by atoms with Gasteiger partial charge in [-0.25, -0.2) is 4.79 Å². The number of anilines is 1. The summed E-state index contributed by atoms with van der Waals surface area (Å²) in [5.41, 5.74) is 5.96. The summed E-state index contributed by atoms with van der Waals surface area (Å²) in [6, 6.07) is 5.88. The molecule has 156 valence electrons. The monoisotopic (exact) mass is 446 g/mol. The van der Waals surface area contributed by atoms with Crippen molar-refractivity contribution in [3.05, 3.63) is 50.9 Å². The van der Waals surface area contributed by atoms with Gasteiger partial charge in [0.25, 0.3) is 11.8 Å². The molecule has 1 atom stereocenters. The van der Waals surface area contributed by atoms with Crippen molar-refractivity contribution in [3.8, 4) is 0 Å². The fourth-order valence-corrected chi connectivity index (χ4v) is 5.32. The van der Waals surface area contributed by atoms with Crippen LogP contribution in [0.15, 0.2) is 24.3 Å². The van der Waals surface area contributed by atoms with Crippen LogP contribution in [0.1, 0.15) is 39.7 Å². The van der Waals surface area contributed by atoms with Crippen molar-refractivity contribution >= 4 is 51.7 Å². The highest BCUT2D eigenvalue weighted by Gasteiger charge is 2.49. The summed E-state index contributed by atoms with van der Waals surface area (Å²) < 4.78 is 0. The van der Waals surface area contributed by atoms with Gasteiger partial charge in [0.2, 0.25) is 5.91 Å². The van der Waals surface area contributed by atoms with Gasteiger partial charge in [0.05, 0.1) is 5.56 Å². The van der Waals surface area contributed by atoms with Gasteiger partial charge in [-0.15, -0.1) is 11.3 Å². The van der Waals surface area contributed by atoms with Crippen molar-refractivity contribution in [3.63, 3.8) is 0 Å². The molecule has 8 nitrogen and oxygen atoms in total. The summed E-state index contributed by atoms with van der Waals surface area (Å²) in [6.07, 6.45) is 2.52. The number of carbonyl (C=O) groups excluding carboxylic acids is 4. The van der Waals surface area contributed by atoms with Crippen molar-refractivity contribution in [2.75, 3.05) is 11.9 Å². The Balaban J connectivity index is 1.52. The second-order valence-electron chi connectivity index (χ2n) is 7.43. The van der Waals surface area contributed by atoms with E-state index in [9.17, 15) is 19.2 Å². The number of carbonyl (C=O) groups is 4. The molecule has 1 aliphatic carbocycles. The lowest BCUT2D eigenvalue weighted by molar-refractivity contribution is -0.133. The van der Waals surface area contributed by atoms with Gasteiger partial charge in [-0.1, -0.05) is 23.7 Å². The lowest BCUT2D eigenvalue weighted by atomic mass is 9.92. The minimum atomic E-state index is -1.30. The second kappa shape index (κ2) is 7.41. The second-order valence-corrected chi connectivity index (χ2v) is 8.97. The van der Waals surface area contributed by atoms with Gasteiger partial charge in [-0.05, 0) is 49.4 Å². The number of primary amides is 1. The Morgan fingerprint density at radius 2 is 1.97 bits per heavy atom. The molecule has 5 amide bonds.